The number of halogens is 1. The van der Waals surface area contributed by atoms with Crippen LogP contribution in [0.3, 0.4) is 0 Å². The van der Waals surface area contributed by atoms with Crippen LogP contribution in [0.5, 0.6) is 17.5 Å². The molecule has 1 heterocycles. The third-order valence-electron chi connectivity index (χ3n) is 6.00. The van der Waals surface area contributed by atoms with E-state index in [1.807, 2.05) is 48.0 Å². The highest BCUT2D eigenvalue weighted by Gasteiger charge is 2.25. The Labute approximate surface area is 199 Å². The number of nitrogens with zero attached hydrogens (tertiary/aromatic N) is 2. The maximum Gasteiger partial charge on any atom is 0.297 e. The van der Waals surface area contributed by atoms with E-state index in [4.69, 9.17) is 25.8 Å². The zero-order chi connectivity index (χ0) is 23.4. The third-order valence-corrected chi connectivity index (χ3v) is 6.29. The van der Waals surface area contributed by atoms with Crippen molar-refractivity contribution in [1.82, 2.24) is 9.55 Å². The van der Waals surface area contributed by atoms with E-state index < -0.39 is 0 Å². The zero-order valence-corrected chi connectivity index (χ0v) is 20.2. The highest BCUT2D eigenvalue weighted by Crippen LogP contribution is 2.34. The summed E-state index contributed by atoms with van der Waals surface area (Å²) in [5.41, 5.74) is 1.56. The van der Waals surface area contributed by atoms with Crippen molar-refractivity contribution in [1.29, 1.82) is 0 Å². The monoisotopic (exact) mass is 470 g/mol. The fraction of sp³-hybridized carbons (Fsp3) is 0.462. The number of aromatic nitrogens is 2. The van der Waals surface area contributed by atoms with Gasteiger partial charge in [-0.3, -0.25) is 4.57 Å². The van der Waals surface area contributed by atoms with Crippen LogP contribution in [0.1, 0.15) is 46.0 Å². The van der Waals surface area contributed by atoms with Gasteiger partial charge >= 0.3 is 0 Å². The van der Waals surface area contributed by atoms with Gasteiger partial charge in [0.1, 0.15) is 28.9 Å². The Morgan fingerprint density at radius 2 is 1.82 bits per heavy atom. The molecule has 1 saturated carbocycles. The molecule has 0 unspecified atom stereocenters. The van der Waals surface area contributed by atoms with Crippen LogP contribution in [0.25, 0.3) is 11.0 Å². The molecule has 1 aliphatic rings. The number of carbonyl (C=O) groups excluding carboxylic acids is 1. The molecule has 4 rings (SSSR count). The Hall–Kier alpha value is -2.57. The molecule has 0 N–H and O–H groups in total. The summed E-state index contributed by atoms with van der Waals surface area (Å²) in [5.74, 6) is 1.88. The predicted octanol–water partition coefficient (Wildman–Crippen LogP) is 6.34. The number of hydrogen-bond donors (Lipinski definition) is 0. The second kappa shape index (κ2) is 10.6. The molecule has 1 atom stereocenters. The lowest BCUT2D eigenvalue weighted by Gasteiger charge is -2.29. The number of ether oxygens (including phenoxy) is 3. The highest BCUT2D eigenvalue weighted by atomic mass is 35.5. The maximum atomic E-state index is 11.2. The summed E-state index contributed by atoms with van der Waals surface area (Å²) in [6.07, 6.45) is 4.59. The second-order valence-corrected chi connectivity index (χ2v) is 9.41. The number of benzene rings is 2. The summed E-state index contributed by atoms with van der Waals surface area (Å²) in [4.78, 5) is 15.9. The van der Waals surface area contributed by atoms with E-state index in [1.165, 1.54) is 0 Å². The summed E-state index contributed by atoms with van der Waals surface area (Å²) in [7, 11) is 1.93. The van der Waals surface area contributed by atoms with Crippen LogP contribution in [0.2, 0.25) is 5.02 Å². The summed E-state index contributed by atoms with van der Waals surface area (Å²) < 4.78 is 20.2. The number of aryl methyl sites for hydroxylation is 1. The van der Waals surface area contributed by atoms with E-state index in [-0.39, 0.29) is 23.9 Å². The lowest BCUT2D eigenvalue weighted by molar-refractivity contribution is -0.118. The van der Waals surface area contributed by atoms with Gasteiger partial charge in [-0.15, -0.1) is 0 Å². The van der Waals surface area contributed by atoms with Crippen LogP contribution in [-0.4, -0.2) is 34.1 Å². The van der Waals surface area contributed by atoms with Gasteiger partial charge < -0.3 is 19.0 Å². The third kappa shape index (κ3) is 6.06. The molecular formula is C26H31ClN2O4. The Bertz CT molecular complexity index is 1090. The Morgan fingerprint density at radius 1 is 1.12 bits per heavy atom. The van der Waals surface area contributed by atoms with Gasteiger partial charge in [-0.1, -0.05) is 36.7 Å². The van der Waals surface area contributed by atoms with Gasteiger partial charge in [0.15, 0.2) is 0 Å². The van der Waals surface area contributed by atoms with E-state index in [2.05, 4.69) is 11.9 Å². The van der Waals surface area contributed by atoms with Crippen molar-refractivity contribution in [3.05, 3.63) is 47.5 Å². The van der Waals surface area contributed by atoms with Crippen molar-refractivity contribution in [2.45, 2.75) is 58.2 Å². The quantitative estimate of drug-likeness (QED) is 0.365. The Kier molecular flexibility index (Phi) is 7.56. The van der Waals surface area contributed by atoms with Crippen LogP contribution < -0.4 is 9.47 Å². The number of ketones is 1. The average molecular weight is 471 g/mol. The number of Topliss-reactive ketones (excluding diaryl/α,β-unsaturated/α-hetero) is 1. The molecule has 1 aliphatic carbocycles. The first-order valence-electron chi connectivity index (χ1n) is 11.6. The number of rotatable bonds is 9. The molecular weight excluding hydrogens is 440 g/mol. The molecule has 7 heteroatoms. The average Bonchev–Trinajstić information content (AvgIpc) is 3.09. The normalized spacial score (nSPS) is 19.4. The van der Waals surface area contributed by atoms with Crippen LogP contribution in [-0.2, 0) is 16.6 Å². The van der Waals surface area contributed by atoms with Crippen molar-refractivity contribution in [3.63, 3.8) is 0 Å². The molecule has 176 valence electrons. The minimum Gasteiger partial charge on any atom is -0.461 e. The van der Waals surface area contributed by atoms with Crippen molar-refractivity contribution in [2.75, 3.05) is 6.61 Å². The summed E-state index contributed by atoms with van der Waals surface area (Å²) in [6.45, 7) is 4.32. The minimum absolute atomic E-state index is 0.0915. The fourth-order valence-corrected chi connectivity index (χ4v) is 4.55. The Morgan fingerprint density at radius 3 is 2.52 bits per heavy atom. The first kappa shape index (κ1) is 23.6. The highest BCUT2D eigenvalue weighted by molar-refractivity contribution is 6.35. The number of hydrogen-bond acceptors (Lipinski definition) is 5. The van der Waals surface area contributed by atoms with Crippen molar-refractivity contribution in [2.24, 2.45) is 13.0 Å². The Balaban J connectivity index is 1.37. The molecule has 3 aromatic rings. The largest absolute Gasteiger partial charge is 0.461 e. The van der Waals surface area contributed by atoms with Crippen molar-refractivity contribution < 1.29 is 19.0 Å². The molecule has 0 radical (unpaired) electrons. The molecule has 2 aromatic carbocycles. The zero-order valence-electron chi connectivity index (χ0n) is 19.4. The topological polar surface area (TPSA) is 62.6 Å². The van der Waals surface area contributed by atoms with E-state index in [9.17, 15) is 4.79 Å². The molecule has 0 saturated heterocycles. The van der Waals surface area contributed by atoms with Crippen LogP contribution in [0.15, 0.2) is 42.5 Å². The van der Waals surface area contributed by atoms with Crippen LogP contribution in [0, 0.1) is 5.92 Å². The van der Waals surface area contributed by atoms with Crippen LogP contribution in [0.4, 0.5) is 0 Å². The molecule has 6 nitrogen and oxygen atoms in total. The SMILES string of the molecule is CC(=O)C[C@@H](C)COC1CCC(Oc2nc3c(Cl)cc(Oc4ccccc4)cc3n2C)CC1. The van der Waals surface area contributed by atoms with E-state index in [1.54, 1.807) is 13.0 Å². The molecule has 0 bridgehead atoms. The van der Waals surface area contributed by atoms with E-state index >= 15 is 0 Å². The van der Waals surface area contributed by atoms with Gasteiger partial charge in [0.2, 0.25) is 0 Å². The maximum absolute atomic E-state index is 11.2. The fourth-order valence-electron chi connectivity index (χ4n) is 4.31. The van der Waals surface area contributed by atoms with Gasteiger partial charge in [-0.05, 0) is 50.7 Å². The van der Waals surface area contributed by atoms with Crippen LogP contribution >= 0.6 is 11.6 Å². The van der Waals surface area contributed by atoms with Gasteiger partial charge in [-0.2, -0.15) is 4.98 Å². The number of fused-ring (bicyclic) bond motifs is 1. The molecule has 0 aliphatic heterocycles. The first-order valence-corrected chi connectivity index (χ1v) is 11.9. The standard InChI is InChI=1S/C26H31ClN2O4/c1-17(13-18(2)30)16-31-19-9-11-21(12-10-19)33-26-28-25-23(27)14-22(15-24(25)29(26)3)32-20-7-5-4-6-8-20/h4-8,14-15,17,19,21H,9-13,16H2,1-3H3/t17-,19?,21?/m1/s1. The van der Waals surface area contributed by atoms with Gasteiger partial charge in [0.25, 0.3) is 6.01 Å². The number of imidazole rings is 1. The van der Waals surface area contributed by atoms with Crippen molar-refractivity contribution >= 4 is 28.4 Å². The van der Waals surface area contributed by atoms with Gasteiger partial charge in [0, 0.05) is 32.2 Å². The molecule has 1 aromatic heterocycles. The summed E-state index contributed by atoms with van der Waals surface area (Å²) in [6, 6.07) is 13.9. The van der Waals surface area contributed by atoms with Gasteiger partial charge in [-0.25, -0.2) is 0 Å². The smallest absolute Gasteiger partial charge is 0.297 e. The van der Waals surface area contributed by atoms with E-state index in [0.717, 1.165) is 36.9 Å². The number of carbonyl (C=O) groups is 1. The first-order chi connectivity index (χ1) is 15.9. The predicted molar refractivity (Wildman–Crippen MR) is 129 cm³/mol. The minimum atomic E-state index is 0.0915. The second-order valence-electron chi connectivity index (χ2n) is 9.00. The lowest BCUT2D eigenvalue weighted by Crippen LogP contribution is -2.30. The number of para-hydroxylation sites is 1. The summed E-state index contributed by atoms with van der Waals surface area (Å²) >= 11 is 6.52. The van der Waals surface area contributed by atoms with Crippen molar-refractivity contribution in [3.8, 4) is 17.5 Å². The molecule has 33 heavy (non-hydrogen) atoms. The van der Waals surface area contributed by atoms with E-state index in [0.29, 0.717) is 35.3 Å². The molecule has 0 spiro atoms. The summed E-state index contributed by atoms with van der Waals surface area (Å²) in [5, 5.41) is 0.528. The molecule has 0 amide bonds. The lowest BCUT2D eigenvalue weighted by atomic mass is 9.95. The molecule has 1 fully saturated rings. The van der Waals surface area contributed by atoms with Gasteiger partial charge in [0.05, 0.1) is 16.6 Å².